The highest BCUT2D eigenvalue weighted by atomic mass is 32.2. The summed E-state index contributed by atoms with van der Waals surface area (Å²) in [5.74, 6) is 0.107. The predicted octanol–water partition coefficient (Wildman–Crippen LogP) is 8.35. The molecule has 0 N–H and O–H groups in total. The van der Waals surface area contributed by atoms with E-state index in [1.54, 1.807) is 23.5 Å². The number of carbonyl (C=O) groups is 1. The third-order valence-electron chi connectivity index (χ3n) is 5.72. The zero-order chi connectivity index (χ0) is 21.5. The Kier molecular flexibility index (Phi) is 4.86. The van der Waals surface area contributed by atoms with Gasteiger partial charge in [-0.25, -0.2) is 0 Å². The van der Waals surface area contributed by atoms with Gasteiger partial charge in [0.2, 0.25) is 0 Å². The molecule has 0 aliphatic heterocycles. The highest BCUT2D eigenvalue weighted by Gasteiger charge is 2.26. The van der Waals surface area contributed by atoms with Gasteiger partial charge in [0.25, 0.3) is 0 Å². The van der Waals surface area contributed by atoms with Crippen LogP contribution in [0.3, 0.4) is 0 Å². The van der Waals surface area contributed by atoms with Crippen molar-refractivity contribution >= 4 is 40.1 Å². The lowest BCUT2D eigenvalue weighted by Gasteiger charge is -2.22. The lowest BCUT2D eigenvalue weighted by Crippen LogP contribution is -2.10. The van der Waals surface area contributed by atoms with E-state index in [1.165, 1.54) is 14.7 Å². The quantitative estimate of drug-likeness (QED) is 0.271. The zero-order valence-corrected chi connectivity index (χ0v) is 18.8. The minimum Gasteiger partial charge on any atom is -0.289 e. The van der Waals surface area contributed by atoms with E-state index >= 15 is 0 Å². The molecule has 1 nitrogen and oxygen atoms in total. The van der Waals surface area contributed by atoms with Crippen LogP contribution in [-0.4, -0.2) is 5.78 Å². The van der Waals surface area contributed by atoms with Gasteiger partial charge in [-0.15, -0.1) is 0 Å². The van der Waals surface area contributed by atoms with Crippen LogP contribution in [0.15, 0.2) is 129 Å². The zero-order valence-electron chi connectivity index (χ0n) is 17.1. The van der Waals surface area contributed by atoms with Gasteiger partial charge in [-0.05, 0) is 59.0 Å². The fourth-order valence-electron chi connectivity index (χ4n) is 4.28. The molecule has 1 aliphatic carbocycles. The Morgan fingerprint density at radius 2 is 1.16 bits per heavy atom. The number of carbonyl (C=O) groups excluding carboxylic acids is 1. The number of fused-ring (bicyclic) bond motifs is 2. The maximum atomic E-state index is 13.6. The Bertz CT molecular complexity index is 1470. The number of benzene rings is 5. The van der Waals surface area contributed by atoms with Crippen molar-refractivity contribution in [3.8, 4) is 11.1 Å². The smallest absolute Gasteiger partial charge is 0.194 e. The molecule has 0 amide bonds. The molecule has 0 atom stereocenters. The fourth-order valence-corrected chi connectivity index (χ4v) is 6.12. The molecule has 0 unspecified atom stereocenters. The van der Waals surface area contributed by atoms with Crippen LogP contribution in [0, 0.1) is 0 Å². The van der Waals surface area contributed by atoms with Gasteiger partial charge in [-0.1, -0.05) is 90.3 Å². The summed E-state index contributed by atoms with van der Waals surface area (Å²) in [6, 6.07) is 37.4. The van der Waals surface area contributed by atoms with E-state index in [0.29, 0.717) is 0 Å². The Labute approximate surface area is 195 Å². The van der Waals surface area contributed by atoms with E-state index in [1.807, 2.05) is 42.5 Å². The van der Waals surface area contributed by atoms with Crippen molar-refractivity contribution in [2.45, 2.75) is 19.6 Å². The first-order chi connectivity index (χ1) is 15.8. The molecule has 0 saturated heterocycles. The number of hydrogen-bond donors (Lipinski definition) is 0. The third-order valence-corrected chi connectivity index (χ3v) is 7.80. The van der Waals surface area contributed by atoms with Gasteiger partial charge in [-0.2, -0.15) is 0 Å². The minimum absolute atomic E-state index is 0.107. The van der Waals surface area contributed by atoms with Crippen LogP contribution >= 0.6 is 23.5 Å². The summed E-state index contributed by atoms with van der Waals surface area (Å²) in [6.45, 7) is 0. The van der Waals surface area contributed by atoms with Gasteiger partial charge < -0.3 is 0 Å². The maximum Gasteiger partial charge on any atom is 0.194 e. The number of ketones is 1. The van der Waals surface area contributed by atoms with E-state index < -0.39 is 0 Å². The summed E-state index contributed by atoms with van der Waals surface area (Å²) in [7, 11) is 0. The average molecular weight is 447 g/mol. The molecule has 6 rings (SSSR count). The summed E-state index contributed by atoms with van der Waals surface area (Å²) >= 11 is 3.43. The van der Waals surface area contributed by atoms with Crippen LogP contribution in [0.5, 0.6) is 0 Å². The van der Waals surface area contributed by atoms with Crippen molar-refractivity contribution in [1.29, 1.82) is 0 Å². The molecule has 5 aromatic carbocycles. The van der Waals surface area contributed by atoms with E-state index in [0.717, 1.165) is 37.9 Å². The Hall–Kier alpha value is -3.27. The first-order valence-corrected chi connectivity index (χ1v) is 12.1. The molecule has 0 saturated carbocycles. The SMILES string of the molecule is O=C1c2cc(Sc3ccccc3)ccc2-c2ccc(Sc3ccccc3)c3cccc1c23. The largest absolute Gasteiger partial charge is 0.289 e. The second kappa shape index (κ2) is 8.01. The lowest BCUT2D eigenvalue weighted by molar-refractivity contribution is 0.104. The van der Waals surface area contributed by atoms with E-state index in [2.05, 4.69) is 66.7 Å². The van der Waals surface area contributed by atoms with Gasteiger partial charge in [0.05, 0.1) is 0 Å². The van der Waals surface area contributed by atoms with Gasteiger partial charge in [-0.3, -0.25) is 4.79 Å². The molecular formula is C29H18OS2. The summed E-state index contributed by atoms with van der Waals surface area (Å²) in [4.78, 5) is 18.2. The Balaban J connectivity index is 1.47. The molecule has 5 aromatic rings. The number of hydrogen-bond acceptors (Lipinski definition) is 3. The van der Waals surface area contributed by atoms with Crippen molar-refractivity contribution in [2.75, 3.05) is 0 Å². The van der Waals surface area contributed by atoms with Crippen LogP contribution in [-0.2, 0) is 0 Å². The fraction of sp³-hybridized carbons (Fsp3) is 0. The molecule has 0 bridgehead atoms. The van der Waals surface area contributed by atoms with Crippen LogP contribution in [0.25, 0.3) is 21.9 Å². The van der Waals surface area contributed by atoms with Crippen LogP contribution < -0.4 is 0 Å². The summed E-state index contributed by atoms with van der Waals surface area (Å²) in [5.41, 5.74) is 3.74. The normalized spacial score (nSPS) is 12.1. The van der Waals surface area contributed by atoms with E-state index in [9.17, 15) is 4.79 Å². The van der Waals surface area contributed by atoms with Gasteiger partial charge in [0, 0.05) is 36.1 Å². The van der Waals surface area contributed by atoms with Crippen LogP contribution in [0.1, 0.15) is 15.9 Å². The molecule has 0 spiro atoms. The summed E-state index contributed by atoms with van der Waals surface area (Å²) in [6.07, 6.45) is 0. The van der Waals surface area contributed by atoms with Gasteiger partial charge in [0.15, 0.2) is 5.78 Å². The molecule has 152 valence electrons. The highest BCUT2D eigenvalue weighted by Crippen LogP contribution is 2.45. The molecule has 0 fully saturated rings. The van der Waals surface area contributed by atoms with Gasteiger partial charge in [0.1, 0.15) is 0 Å². The molecule has 0 aromatic heterocycles. The first kappa shape index (κ1) is 19.4. The molecule has 0 radical (unpaired) electrons. The highest BCUT2D eigenvalue weighted by molar-refractivity contribution is 7.99. The van der Waals surface area contributed by atoms with Crippen LogP contribution in [0.4, 0.5) is 0 Å². The standard InChI is InChI=1S/C29H18OS2/c30-29-25-13-7-12-24-27(32-20-10-5-2-6-11-20)17-16-23(28(24)25)22-15-14-21(18-26(22)29)31-19-8-3-1-4-9-19/h1-18H. The molecular weight excluding hydrogens is 428 g/mol. The van der Waals surface area contributed by atoms with E-state index in [-0.39, 0.29) is 5.78 Å². The monoisotopic (exact) mass is 446 g/mol. The molecule has 3 heteroatoms. The minimum atomic E-state index is 0.107. The second-order valence-corrected chi connectivity index (χ2v) is 9.97. The summed E-state index contributed by atoms with van der Waals surface area (Å²) < 4.78 is 0. The van der Waals surface area contributed by atoms with Crippen molar-refractivity contribution < 1.29 is 4.79 Å². The maximum absolute atomic E-state index is 13.6. The number of rotatable bonds is 4. The van der Waals surface area contributed by atoms with Crippen molar-refractivity contribution in [3.63, 3.8) is 0 Å². The van der Waals surface area contributed by atoms with Crippen LogP contribution in [0.2, 0.25) is 0 Å². The van der Waals surface area contributed by atoms with Crippen molar-refractivity contribution in [3.05, 3.63) is 120 Å². The lowest BCUT2D eigenvalue weighted by atomic mass is 9.83. The molecule has 1 aliphatic rings. The van der Waals surface area contributed by atoms with Crippen molar-refractivity contribution in [1.82, 2.24) is 0 Å². The van der Waals surface area contributed by atoms with Crippen molar-refractivity contribution in [2.24, 2.45) is 0 Å². The molecule has 32 heavy (non-hydrogen) atoms. The predicted molar refractivity (Wildman–Crippen MR) is 134 cm³/mol. The second-order valence-electron chi connectivity index (χ2n) is 7.71. The first-order valence-electron chi connectivity index (χ1n) is 10.5. The topological polar surface area (TPSA) is 17.1 Å². The van der Waals surface area contributed by atoms with Gasteiger partial charge >= 0.3 is 0 Å². The summed E-state index contributed by atoms with van der Waals surface area (Å²) in [5, 5.41) is 2.20. The van der Waals surface area contributed by atoms with E-state index in [4.69, 9.17) is 0 Å². The Morgan fingerprint density at radius 3 is 1.91 bits per heavy atom. The third kappa shape index (κ3) is 3.35. The average Bonchev–Trinajstić information content (AvgIpc) is 2.84. The Morgan fingerprint density at radius 1 is 0.469 bits per heavy atom. The molecule has 0 heterocycles.